The van der Waals surface area contributed by atoms with E-state index in [9.17, 15) is 4.79 Å². The second kappa shape index (κ2) is 8.23. The van der Waals surface area contributed by atoms with Crippen molar-refractivity contribution in [2.75, 3.05) is 18.8 Å². The monoisotopic (exact) mass is 378 g/mol. The standard InChI is InChI=1S/C18H23ClN4OS/c1-3-23-17(14-5-4-6-15(19)11-14)20-21-18(23)25-12-16(24)22-9-7-13(2)8-10-22/h4-6,11,13H,3,7-10,12H2,1-2H3. The zero-order valence-electron chi connectivity index (χ0n) is 14.6. The summed E-state index contributed by atoms with van der Waals surface area (Å²) in [6.45, 7) is 6.78. The van der Waals surface area contributed by atoms with Crippen LogP contribution in [0.2, 0.25) is 5.02 Å². The van der Waals surface area contributed by atoms with Gasteiger partial charge in [-0.3, -0.25) is 4.79 Å². The third-order valence-electron chi connectivity index (χ3n) is 4.58. The molecular formula is C18H23ClN4OS. The first-order chi connectivity index (χ1) is 12.1. The van der Waals surface area contributed by atoms with Crippen LogP contribution in [-0.2, 0) is 11.3 Å². The molecule has 3 rings (SSSR count). The van der Waals surface area contributed by atoms with Crippen LogP contribution < -0.4 is 0 Å². The van der Waals surface area contributed by atoms with Gasteiger partial charge in [0.15, 0.2) is 11.0 Å². The summed E-state index contributed by atoms with van der Waals surface area (Å²) in [5.74, 6) is 2.10. The second-order valence-electron chi connectivity index (χ2n) is 6.41. The van der Waals surface area contributed by atoms with E-state index in [2.05, 4.69) is 24.0 Å². The van der Waals surface area contributed by atoms with Gasteiger partial charge >= 0.3 is 0 Å². The third kappa shape index (κ3) is 4.36. The van der Waals surface area contributed by atoms with Gasteiger partial charge in [-0.1, -0.05) is 42.4 Å². The maximum absolute atomic E-state index is 12.4. The second-order valence-corrected chi connectivity index (χ2v) is 7.79. The number of hydrogen-bond donors (Lipinski definition) is 0. The smallest absolute Gasteiger partial charge is 0.233 e. The van der Waals surface area contributed by atoms with Crippen LogP contribution >= 0.6 is 23.4 Å². The van der Waals surface area contributed by atoms with E-state index in [1.165, 1.54) is 11.8 Å². The van der Waals surface area contributed by atoms with E-state index in [-0.39, 0.29) is 5.91 Å². The number of rotatable bonds is 5. The summed E-state index contributed by atoms with van der Waals surface area (Å²) in [5, 5.41) is 10.0. The van der Waals surface area contributed by atoms with Crippen LogP contribution in [0.4, 0.5) is 0 Å². The van der Waals surface area contributed by atoms with Crippen LogP contribution in [0.15, 0.2) is 29.4 Å². The normalized spacial score (nSPS) is 15.6. The van der Waals surface area contributed by atoms with Gasteiger partial charge in [-0.25, -0.2) is 0 Å². The molecule has 0 radical (unpaired) electrons. The Labute approximate surface area is 157 Å². The molecule has 0 N–H and O–H groups in total. The van der Waals surface area contributed by atoms with Crippen molar-refractivity contribution >= 4 is 29.3 Å². The fourth-order valence-corrected chi connectivity index (χ4v) is 4.09. The summed E-state index contributed by atoms with van der Waals surface area (Å²) in [7, 11) is 0. The minimum atomic E-state index is 0.187. The lowest BCUT2D eigenvalue weighted by Crippen LogP contribution is -2.38. The Morgan fingerprint density at radius 3 is 2.76 bits per heavy atom. The summed E-state index contributed by atoms with van der Waals surface area (Å²) in [6, 6.07) is 7.59. The molecule has 1 fully saturated rings. The quantitative estimate of drug-likeness (QED) is 0.738. The molecule has 0 aliphatic carbocycles. The first kappa shape index (κ1) is 18.3. The zero-order chi connectivity index (χ0) is 17.8. The zero-order valence-corrected chi connectivity index (χ0v) is 16.2. The largest absolute Gasteiger partial charge is 0.342 e. The number of amides is 1. The highest BCUT2D eigenvalue weighted by Gasteiger charge is 2.21. The molecule has 1 saturated heterocycles. The van der Waals surface area contributed by atoms with Crippen LogP contribution in [0.25, 0.3) is 11.4 Å². The van der Waals surface area contributed by atoms with Crippen molar-refractivity contribution in [3.8, 4) is 11.4 Å². The Morgan fingerprint density at radius 1 is 1.32 bits per heavy atom. The van der Waals surface area contributed by atoms with Crippen LogP contribution in [0.5, 0.6) is 0 Å². The molecule has 1 aliphatic rings. The van der Waals surface area contributed by atoms with E-state index in [1.54, 1.807) is 0 Å². The number of benzene rings is 1. The molecule has 1 aromatic heterocycles. The van der Waals surface area contributed by atoms with E-state index in [1.807, 2.05) is 33.7 Å². The summed E-state index contributed by atoms with van der Waals surface area (Å²) in [6.07, 6.45) is 2.20. The number of halogens is 1. The van der Waals surface area contributed by atoms with Crippen LogP contribution in [-0.4, -0.2) is 44.4 Å². The van der Waals surface area contributed by atoms with Crippen LogP contribution in [0.1, 0.15) is 26.7 Å². The molecule has 134 valence electrons. The van der Waals surface area contributed by atoms with Crippen molar-refractivity contribution in [3.05, 3.63) is 29.3 Å². The molecule has 25 heavy (non-hydrogen) atoms. The summed E-state index contributed by atoms with van der Waals surface area (Å²) in [4.78, 5) is 14.4. The fraction of sp³-hybridized carbons (Fsp3) is 0.500. The Hall–Kier alpha value is -1.53. The number of hydrogen-bond acceptors (Lipinski definition) is 4. The molecule has 1 amide bonds. The molecule has 0 unspecified atom stereocenters. The van der Waals surface area contributed by atoms with Gasteiger partial charge in [0, 0.05) is 30.2 Å². The molecule has 1 aliphatic heterocycles. The SMILES string of the molecule is CCn1c(SCC(=O)N2CCC(C)CC2)nnc1-c1cccc(Cl)c1. The minimum absolute atomic E-state index is 0.187. The maximum Gasteiger partial charge on any atom is 0.233 e. The molecular weight excluding hydrogens is 356 g/mol. The van der Waals surface area contributed by atoms with Gasteiger partial charge in [-0.15, -0.1) is 10.2 Å². The number of carbonyl (C=O) groups is 1. The van der Waals surface area contributed by atoms with Gasteiger partial charge in [-0.2, -0.15) is 0 Å². The Balaban J connectivity index is 1.68. The van der Waals surface area contributed by atoms with Gasteiger partial charge < -0.3 is 9.47 Å². The number of thioether (sulfide) groups is 1. The molecule has 2 aromatic rings. The van der Waals surface area contributed by atoms with Crippen LogP contribution in [0, 0.1) is 5.92 Å². The van der Waals surface area contributed by atoms with E-state index < -0.39 is 0 Å². The van der Waals surface area contributed by atoms with Gasteiger partial charge in [0.1, 0.15) is 0 Å². The third-order valence-corrected chi connectivity index (χ3v) is 5.76. The molecule has 5 nitrogen and oxygen atoms in total. The van der Waals surface area contributed by atoms with Crippen molar-refractivity contribution < 1.29 is 4.79 Å². The number of nitrogens with zero attached hydrogens (tertiary/aromatic N) is 4. The summed E-state index contributed by atoms with van der Waals surface area (Å²) >= 11 is 7.54. The molecule has 7 heteroatoms. The molecule has 0 saturated carbocycles. The Kier molecular flexibility index (Phi) is 6.02. The average Bonchev–Trinajstić information content (AvgIpc) is 3.03. The molecule has 0 atom stereocenters. The van der Waals surface area contributed by atoms with Crippen LogP contribution in [0.3, 0.4) is 0 Å². The average molecular weight is 379 g/mol. The summed E-state index contributed by atoms with van der Waals surface area (Å²) < 4.78 is 2.03. The first-order valence-electron chi connectivity index (χ1n) is 8.68. The van der Waals surface area contributed by atoms with E-state index in [0.29, 0.717) is 10.8 Å². The Morgan fingerprint density at radius 2 is 2.08 bits per heavy atom. The van der Waals surface area contributed by atoms with Crippen molar-refractivity contribution in [3.63, 3.8) is 0 Å². The fourth-order valence-electron chi connectivity index (χ4n) is 3.00. The highest BCUT2D eigenvalue weighted by atomic mass is 35.5. The van der Waals surface area contributed by atoms with Crippen molar-refractivity contribution in [1.29, 1.82) is 0 Å². The first-order valence-corrected chi connectivity index (χ1v) is 10.0. The summed E-state index contributed by atoms with van der Waals surface area (Å²) in [5.41, 5.74) is 0.935. The molecule has 0 bridgehead atoms. The number of aromatic nitrogens is 3. The topological polar surface area (TPSA) is 51.0 Å². The lowest BCUT2D eigenvalue weighted by atomic mass is 9.99. The van der Waals surface area contributed by atoms with Gasteiger partial charge in [0.2, 0.25) is 5.91 Å². The molecule has 1 aromatic carbocycles. The highest BCUT2D eigenvalue weighted by Crippen LogP contribution is 2.26. The number of carbonyl (C=O) groups excluding carboxylic acids is 1. The number of likely N-dealkylation sites (tertiary alicyclic amines) is 1. The van der Waals surface area contributed by atoms with E-state index in [4.69, 9.17) is 11.6 Å². The van der Waals surface area contributed by atoms with Gasteiger partial charge in [0.05, 0.1) is 5.75 Å². The van der Waals surface area contributed by atoms with E-state index >= 15 is 0 Å². The number of piperidine rings is 1. The molecule has 0 spiro atoms. The highest BCUT2D eigenvalue weighted by molar-refractivity contribution is 7.99. The van der Waals surface area contributed by atoms with Crippen molar-refractivity contribution in [1.82, 2.24) is 19.7 Å². The predicted octanol–water partition coefficient (Wildman–Crippen LogP) is 3.97. The van der Waals surface area contributed by atoms with Gasteiger partial charge in [0.25, 0.3) is 0 Å². The Bertz CT molecular complexity index is 740. The van der Waals surface area contributed by atoms with E-state index in [0.717, 1.165) is 54.9 Å². The van der Waals surface area contributed by atoms with Crippen molar-refractivity contribution in [2.45, 2.75) is 38.4 Å². The predicted molar refractivity (Wildman–Crippen MR) is 102 cm³/mol. The minimum Gasteiger partial charge on any atom is -0.342 e. The molecule has 2 heterocycles. The lowest BCUT2D eigenvalue weighted by molar-refractivity contribution is -0.129. The van der Waals surface area contributed by atoms with Gasteiger partial charge in [-0.05, 0) is 37.8 Å². The lowest BCUT2D eigenvalue weighted by Gasteiger charge is -2.30. The van der Waals surface area contributed by atoms with Crippen molar-refractivity contribution in [2.24, 2.45) is 5.92 Å². The maximum atomic E-state index is 12.4.